The number of ether oxygens (including phenoxy) is 2. The maximum absolute atomic E-state index is 6.71. The van der Waals surface area contributed by atoms with Gasteiger partial charge < -0.3 is 14.8 Å². The molecular formula is C18H35NO2. The predicted molar refractivity (Wildman–Crippen MR) is 87.6 cm³/mol. The van der Waals surface area contributed by atoms with Crippen LogP contribution in [0.1, 0.15) is 72.6 Å². The lowest BCUT2D eigenvalue weighted by Gasteiger charge is -2.44. The molecule has 0 aromatic rings. The summed E-state index contributed by atoms with van der Waals surface area (Å²) in [6.07, 6.45) is 9.38. The van der Waals surface area contributed by atoms with Crippen molar-refractivity contribution in [3.63, 3.8) is 0 Å². The molecule has 3 heteroatoms. The lowest BCUT2D eigenvalue weighted by Crippen LogP contribution is -2.50. The van der Waals surface area contributed by atoms with E-state index in [9.17, 15) is 0 Å². The standard InChI is InChI=1S/C18H35NO2/c1-5-10-19-13-18(8-6-14(2)7-9-18)21-17-11-15(3)20-16(4)12-17/h14-17,19H,5-13H2,1-4H3. The second kappa shape index (κ2) is 7.94. The predicted octanol–water partition coefficient (Wildman–Crippen LogP) is 3.91. The van der Waals surface area contributed by atoms with Crippen LogP contribution in [0, 0.1) is 5.92 Å². The van der Waals surface area contributed by atoms with Crippen LogP contribution in [0.5, 0.6) is 0 Å². The molecule has 1 saturated heterocycles. The van der Waals surface area contributed by atoms with Crippen LogP contribution in [-0.2, 0) is 9.47 Å². The van der Waals surface area contributed by atoms with Gasteiger partial charge in [-0.2, -0.15) is 0 Å². The normalized spacial score (nSPS) is 41.1. The molecule has 2 fully saturated rings. The Bertz CT molecular complexity index is 290. The molecule has 2 unspecified atom stereocenters. The van der Waals surface area contributed by atoms with Gasteiger partial charge in [0.15, 0.2) is 0 Å². The molecule has 3 nitrogen and oxygen atoms in total. The zero-order chi connectivity index (χ0) is 15.3. The summed E-state index contributed by atoms with van der Waals surface area (Å²) in [5, 5.41) is 3.62. The van der Waals surface area contributed by atoms with Crippen molar-refractivity contribution in [2.45, 2.75) is 96.6 Å². The summed E-state index contributed by atoms with van der Waals surface area (Å²) in [5.41, 5.74) is 0.0725. The summed E-state index contributed by atoms with van der Waals surface area (Å²) in [7, 11) is 0. The fourth-order valence-corrected chi connectivity index (χ4v) is 3.91. The van der Waals surface area contributed by atoms with E-state index >= 15 is 0 Å². The van der Waals surface area contributed by atoms with Crippen molar-refractivity contribution in [1.29, 1.82) is 0 Å². The van der Waals surface area contributed by atoms with Gasteiger partial charge in [-0.05, 0) is 71.3 Å². The zero-order valence-electron chi connectivity index (χ0n) is 14.5. The first-order chi connectivity index (χ1) is 10.0. The first kappa shape index (κ1) is 17.2. The van der Waals surface area contributed by atoms with Crippen LogP contribution in [0.3, 0.4) is 0 Å². The SMILES string of the molecule is CCCNCC1(OC2CC(C)OC(C)C2)CCC(C)CC1. The highest BCUT2D eigenvalue weighted by molar-refractivity contribution is 4.90. The van der Waals surface area contributed by atoms with E-state index in [4.69, 9.17) is 9.47 Å². The molecule has 1 aliphatic heterocycles. The number of hydrogen-bond acceptors (Lipinski definition) is 3. The van der Waals surface area contributed by atoms with Crippen molar-refractivity contribution in [3.05, 3.63) is 0 Å². The topological polar surface area (TPSA) is 30.5 Å². The lowest BCUT2D eigenvalue weighted by molar-refractivity contribution is -0.169. The maximum Gasteiger partial charge on any atom is 0.0810 e. The molecule has 1 aliphatic carbocycles. The van der Waals surface area contributed by atoms with Gasteiger partial charge in [0, 0.05) is 6.54 Å². The van der Waals surface area contributed by atoms with Gasteiger partial charge in [-0.3, -0.25) is 0 Å². The Kier molecular flexibility index (Phi) is 6.51. The third-order valence-corrected chi connectivity index (χ3v) is 5.13. The van der Waals surface area contributed by atoms with Gasteiger partial charge in [-0.1, -0.05) is 13.8 Å². The Morgan fingerprint density at radius 3 is 2.29 bits per heavy atom. The van der Waals surface area contributed by atoms with Gasteiger partial charge >= 0.3 is 0 Å². The van der Waals surface area contributed by atoms with E-state index in [1.807, 2.05) is 0 Å². The first-order valence-electron chi connectivity index (χ1n) is 9.07. The van der Waals surface area contributed by atoms with Gasteiger partial charge in [-0.25, -0.2) is 0 Å². The van der Waals surface area contributed by atoms with Gasteiger partial charge in [0.2, 0.25) is 0 Å². The van der Waals surface area contributed by atoms with Crippen LogP contribution in [0.2, 0.25) is 0 Å². The highest BCUT2D eigenvalue weighted by atomic mass is 16.5. The molecule has 0 spiro atoms. The largest absolute Gasteiger partial charge is 0.375 e. The molecular weight excluding hydrogens is 262 g/mol. The molecule has 0 aromatic heterocycles. The molecule has 0 amide bonds. The third kappa shape index (κ3) is 5.22. The first-order valence-corrected chi connectivity index (χ1v) is 9.07. The van der Waals surface area contributed by atoms with Gasteiger partial charge in [-0.15, -0.1) is 0 Å². The summed E-state index contributed by atoms with van der Waals surface area (Å²) in [5.74, 6) is 0.862. The highest BCUT2D eigenvalue weighted by Gasteiger charge is 2.38. The van der Waals surface area contributed by atoms with Crippen LogP contribution < -0.4 is 5.32 Å². The second-order valence-corrected chi connectivity index (χ2v) is 7.51. The average molecular weight is 297 g/mol. The molecule has 1 N–H and O–H groups in total. The lowest BCUT2D eigenvalue weighted by atomic mass is 9.79. The highest BCUT2D eigenvalue weighted by Crippen LogP contribution is 2.37. The van der Waals surface area contributed by atoms with E-state index in [1.165, 1.54) is 32.1 Å². The Labute approximate surface area is 131 Å². The van der Waals surface area contributed by atoms with E-state index < -0.39 is 0 Å². The van der Waals surface area contributed by atoms with Gasteiger partial charge in [0.25, 0.3) is 0 Å². The van der Waals surface area contributed by atoms with E-state index in [0.717, 1.165) is 31.8 Å². The van der Waals surface area contributed by atoms with Crippen LogP contribution >= 0.6 is 0 Å². The van der Waals surface area contributed by atoms with Crippen molar-refractivity contribution < 1.29 is 9.47 Å². The van der Waals surface area contributed by atoms with E-state index in [2.05, 4.69) is 33.0 Å². The van der Waals surface area contributed by atoms with Crippen LogP contribution in [0.4, 0.5) is 0 Å². The number of nitrogens with one attached hydrogen (secondary N) is 1. The van der Waals surface area contributed by atoms with Crippen molar-refractivity contribution >= 4 is 0 Å². The summed E-state index contributed by atoms with van der Waals surface area (Å²) in [6, 6.07) is 0. The Balaban J connectivity index is 1.94. The van der Waals surface area contributed by atoms with Crippen LogP contribution in [0.15, 0.2) is 0 Å². The summed E-state index contributed by atoms with van der Waals surface area (Å²) in [6.45, 7) is 11.1. The molecule has 2 atom stereocenters. The maximum atomic E-state index is 6.71. The Morgan fingerprint density at radius 1 is 1.10 bits per heavy atom. The minimum Gasteiger partial charge on any atom is -0.375 e. The Morgan fingerprint density at radius 2 is 1.71 bits per heavy atom. The molecule has 21 heavy (non-hydrogen) atoms. The monoisotopic (exact) mass is 297 g/mol. The minimum absolute atomic E-state index is 0.0725. The van der Waals surface area contributed by atoms with Crippen LogP contribution in [-0.4, -0.2) is 37.0 Å². The molecule has 0 aromatic carbocycles. The van der Waals surface area contributed by atoms with Crippen molar-refractivity contribution in [3.8, 4) is 0 Å². The second-order valence-electron chi connectivity index (χ2n) is 7.51. The average Bonchev–Trinajstić information content (AvgIpc) is 2.41. The zero-order valence-corrected chi connectivity index (χ0v) is 14.5. The number of rotatable bonds is 6. The van der Waals surface area contributed by atoms with E-state index in [-0.39, 0.29) is 5.60 Å². The van der Waals surface area contributed by atoms with E-state index in [1.54, 1.807) is 0 Å². The van der Waals surface area contributed by atoms with Crippen LogP contribution in [0.25, 0.3) is 0 Å². The molecule has 1 heterocycles. The molecule has 0 bridgehead atoms. The molecule has 124 valence electrons. The smallest absolute Gasteiger partial charge is 0.0810 e. The van der Waals surface area contributed by atoms with Gasteiger partial charge in [0.1, 0.15) is 0 Å². The molecule has 1 saturated carbocycles. The number of hydrogen-bond donors (Lipinski definition) is 1. The van der Waals surface area contributed by atoms with Crippen molar-refractivity contribution in [2.75, 3.05) is 13.1 Å². The minimum atomic E-state index is 0.0725. The fraction of sp³-hybridized carbons (Fsp3) is 1.00. The van der Waals surface area contributed by atoms with Crippen molar-refractivity contribution in [2.24, 2.45) is 5.92 Å². The third-order valence-electron chi connectivity index (χ3n) is 5.13. The molecule has 2 aliphatic rings. The van der Waals surface area contributed by atoms with Crippen molar-refractivity contribution in [1.82, 2.24) is 5.32 Å². The summed E-state index contributed by atoms with van der Waals surface area (Å²) < 4.78 is 12.6. The van der Waals surface area contributed by atoms with Gasteiger partial charge in [0.05, 0.1) is 23.9 Å². The molecule has 0 radical (unpaired) electrons. The summed E-state index contributed by atoms with van der Waals surface area (Å²) >= 11 is 0. The quantitative estimate of drug-likeness (QED) is 0.754. The fourth-order valence-electron chi connectivity index (χ4n) is 3.91. The Hall–Kier alpha value is -0.120. The van der Waals surface area contributed by atoms with E-state index in [0.29, 0.717) is 18.3 Å². The molecule has 2 rings (SSSR count). The summed E-state index contributed by atoms with van der Waals surface area (Å²) in [4.78, 5) is 0.